The van der Waals surface area contributed by atoms with Gasteiger partial charge in [0, 0.05) is 11.8 Å². The van der Waals surface area contributed by atoms with Crippen LogP contribution in [0, 0.1) is 17.4 Å². The van der Waals surface area contributed by atoms with Crippen molar-refractivity contribution >= 4 is 16.7 Å². The Bertz CT molecular complexity index is 998. The normalized spacial score (nSPS) is 10.4. The summed E-state index contributed by atoms with van der Waals surface area (Å²) in [5.74, 6) is -0.711. The highest BCUT2D eigenvalue weighted by Gasteiger charge is 2.14. The van der Waals surface area contributed by atoms with Gasteiger partial charge < -0.3 is 5.73 Å². The maximum absolute atomic E-state index is 12.0. The first-order chi connectivity index (χ1) is 11.1. The molecule has 6 heteroatoms. The molecule has 3 rings (SSSR count). The molecule has 111 valence electrons. The van der Waals surface area contributed by atoms with Crippen LogP contribution in [-0.2, 0) is 6.42 Å². The van der Waals surface area contributed by atoms with Crippen molar-refractivity contribution in [2.75, 3.05) is 0 Å². The summed E-state index contributed by atoms with van der Waals surface area (Å²) >= 11 is 0. The maximum Gasteiger partial charge on any atom is 0.272 e. The Labute approximate surface area is 131 Å². The summed E-state index contributed by atoms with van der Waals surface area (Å²) in [6, 6.07) is 15.1. The molecule has 2 aromatic carbocycles. The number of benzene rings is 2. The number of amides is 1. The highest BCUT2D eigenvalue weighted by molar-refractivity contribution is 6.06. The molecule has 23 heavy (non-hydrogen) atoms. The first-order valence-electron chi connectivity index (χ1n) is 6.81. The molecule has 0 saturated heterocycles. The molecule has 3 N–H and O–H groups in total. The number of hydrogen-bond acceptors (Lipinski definition) is 4. The van der Waals surface area contributed by atoms with Gasteiger partial charge in [-0.2, -0.15) is 10.4 Å². The van der Waals surface area contributed by atoms with E-state index in [0.717, 1.165) is 5.56 Å². The fourth-order valence-corrected chi connectivity index (χ4v) is 2.43. The zero-order valence-corrected chi connectivity index (χ0v) is 12.0. The van der Waals surface area contributed by atoms with Crippen LogP contribution in [0.15, 0.2) is 41.2 Å². The highest BCUT2D eigenvalue weighted by atomic mass is 16.1. The van der Waals surface area contributed by atoms with E-state index in [1.165, 1.54) is 0 Å². The van der Waals surface area contributed by atoms with Gasteiger partial charge in [-0.1, -0.05) is 24.3 Å². The second kappa shape index (κ2) is 5.73. The minimum atomic E-state index is -0.711. The molecule has 0 aliphatic heterocycles. The number of nitrogens with one attached hydrogen (secondary N) is 1. The third-order valence-corrected chi connectivity index (χ3v) is 3.53. The topological polar surface area (TPSA) is 113 Å². The van der Waals surface area contributed by atoms with Gasteiger partial charge in [0.25, 0.3) is 5.56 Å². The standard InChI is InChI=1S/C17H11N4O2/c18-9-11-6-4-10(5-7-11)8-14-12-2-1-3-13(16(19)22)15(12)17(23)21-20-14/h1-2,4-7H,8H2,(H2,19,22)(H,21,23). The molecule has 6 nitrogen and oxygen atoms in total. The molecule has 0 bridgehead atoms. The number of rotatable bonds is 3. The predicted molar refractivity (Wildman–Crippen MR) is 83.7 cm³/mol. The van der Waals surface area contributed by atoms with E-state index in [-0.39, 0.29) is 10.9 Å². The van der Waals surface area contributed by atoms with Crippen LogP contribution in [0.2, 0.25) is 0 Å². The van der Waals surface area contributed by atoms with E-state index >= 15 is 0 Å². The molecular formula is C17H11N4O2. The summed E-state index contributed by atoms with van der Waals surface area (Å²) in [6.07, 6.45) is 0.446. The van der Waals surface area contributed by atoms with Crippen molar-refractivity contribution in [1.29, 1.82) is 5.26 Å². The van der Waals surface area contributed by atoms with Crippen LogP contribution in [0.1, 0.15) is 27.2 Å². The van der Waals surface area contributed by atoms with Gasteiger partial charge >= 0.3 is 0 Å². The monoisotopic (exact) mass is 303 g/mol. The van der Waals surface area contributed by atoms with Gasteiger partial charge in [0.1, 0.15) is 0 Å². The zero-order valence-electron chi connectivity index (χ0n) is 12.0. The van der Waals surface area contributed by atoms with E-state index in [4.69, 9.17) is 11.0 Å². The van der Waals surface area contributed by atoms with Gasteiger partial charge in [-0.15, -0.1) is 0 Å². The summed E-state index contributed by atoms with van der Waals surface area (Å²) < 4.78 is 0. The summed E-state index contributed by atoms with van der Waals surface area (Å²) in [6.45, 7) is 0. The first-order valence-corrected chi connectivity index (χ1v) is 6.81. The molecule has 0 fully saturated rings. The minimum absolute atomic E-state index is 0.0484. The predicted octanol–water partition coefficient (Wildman–Crippen LogP) is 1.28. The van der Waals surface area contributed by atoms with Gasteiger partial charge in [-0.25, -0.2) is 5.10 Å². The Morgan fingerprint density at radius 2 is 2.04 bits per heavy atom. The van der Waals surface area contributed by atoms with Crippen molar-refractivity contribution in [2.24, 2.45) is 5.73 Å². The molecule has 0 atom stereocenters. The van der Waals surface area contributed by atoms with E-state index in [1.807, 2.05) is 12.1 Å². The second-order valence-electron chi connectivity index (χ2n) is 4.99. The molecule has 0 aliphatic rings. The lowest BCUT2D eigenvalue weighted by Gasteiger charge is -2.07. The molecule has 1 aromatic heterocycles. The fraction of sp³-hybridized carbons (Fsp3) is 0.0588. The number of primary amides is 1. The molecule has 0 saturated carbocycles. The van der Waals surface area contributed by atoms with E-state index in [1.54, 1.807) is 24.3 Å². The first kappa shape index (κ1) is 14.5. The SMILES string of the molecule is N#Cc1ccc(Cc2n[nH]c(=O)c3c(C(N)=O)[c]ccc23)cc1. The number of carbonyl (C=O) groups excluding carboxylic acids is 1. The Hall–Kier alpha value is -3.46. The summed E-state index contributed by atoms with van der Waals surface area (Å²) in [7, 11) is 0. The molecule has 1 amide bonds. The highest BCUT2D eigenvalue weighted by Crippen LogP contribution is 2.19. The van der Waals surface area contributed by atoms with Crippen LogP contribution in [0.4, 0.5) is 0 Å². The van der Waals surface area contributed by atoms with Crippen molar-refractivity contribution in [1.82, 2.24) is 10.2 Å². The van der Waals surface area contributed by atoms with Crippen LogP contribution in [0.25, 0.3) is 10.8 Å². The Kier molecular flexibility index (Phi) is 3.61. The van der Waals surface area contributed by atoms with E-state index in [2.05, 4.69) is 22.3 Å². The number of nitrogens with two attached hydrogens (primary N) is 1. The van der Waals surface area contributed by atoms with Crippen molar-refractivity contribution in [3.63, 3.8) is 0 Å². The fourth-order valence-electron chi connectivity index (χ4n) is 2.43. The number of aromatic nitrogens is 2. The van der Waals surface area contributed by atoms with Crippen molar-refractivity contribution in [2.45, 2.75) is 6.42 Å². The van der Waals surface area contributed by atoms with Crippen molar-refractivity contribution < 1.29 is 4.79 Å². The number of aromatic amines is 1. The molecule has 0 aliphatic carbocycles. The maximum atomic E-state index is 12.0. The Morgan fingerprint density at radius 1 is 1.30 bits per heavy atom. The third kappa shape index (κ3) is 2.68. The number of nitriles is 1. The summed E-state index contributed by atoms with van der Waals surface area (Å²) in [4.78, 5) is 23.5. The van der Waals surface area contributed by atoms with Crippen molar-refractivity contribution in [3.05, 3.63) is 75.2 Å². The number of fused-ring (bicyclic) bond motifs is 1. The van der Waals surface area contributed by atoms with Gasteiger partial charge in [0.15, 0.2) is 0 Å². The average Bonchev–Trinajstić information content (AvgIpc) is 2.57. The summed E-state index contributed by atoms with van der Waals surface area (Å²) in [5, 5.41) is 16.0. The molecule has 1 heterocycles. The molecule has 0 spiro atoms. The van der Waals surface area contributed by atoms with Crippen LogP contribution >= 0.6 is 0 Å². The van der Waals surface area contributed by atoms with Crippen LogP contribution < -0.4 is 11.3 Å². The molecule has 3 aromatic rings. The largest absolute Gasteiger partial charge is 0.366 e. The minimum Gasteiger partial charge on any atom is -0.366 e. The zero-order chi connectivity index (χ0) is 16.4. The van der Waals surface area contributed by atoms with Gasteiger partial charge in [-0.05, 0) is 23.8 Å². The average molecular weight is 303 g/mol. The van der Waals surface area contributed by atoms with Gasteiger partial charge in [0.2, 0.25) is 5.91 Å². The van der Waals surface area contributed by atoms with E-state index < -0.39 is 11.5 Å². The number of carbonyl (C=O) groups is 1. The number of hydrogen-bond donors (Lipinski definition) is 2. The summed E-state index contributed by atoms with van der Waals surface area (Å²) in [5.41, 5.74) is 6.99. The quantitative estimate of drug-likeness (QED) is 0.758. The van der Waals surface area contributed by atoms with Crippen molar-refractivity contribution in [3.8, 4) is 6.07 Å². The molecular weight excluding hydrogens is 292 g/mol. The lowest BCUT2D eigenvalue weighted by Crippen LogP contribution is -2.19. The smallest absolute Gasteiger partial charge is 0.272 e. The third-order valence-electron chi connectivity index (χ3n) is 3.53. The lowest BCUT2D eigenvalue weighted by molar-refractivity contribution is 0.100. The van der Waals surface area contributed by atoms with Crippen LogP contribution in [0.3, 0.4) is 0 Å². The number of nitrogens with zero attached hydrogens (tertiary/aromatic N) is 2. The van der Waals surface area contributed by atoms with Crippen LogP contribution in [0.5, 0.6) is 0 Å². The molecule has 0 unspecified atom stereocenters. The van der Waals surface area contributed by atoms with E-state index in [0.29, 0.717) is 23.1 Å². The lowest BCUT2D eigenvalue weighted by atomic mass is 10.0. The second-order valence-corrected chi connectivity index (χ2v) is 4.99. The van der Waals surface area contributed by atoms with E-state index in [9.17, 15) is 9.59 Å². The molecule has 1 radical (unpaired) electrons. The number of H-pyrrole nitrogens is 1. The Balaban J connectivity index is 2.13. The van der Waals surface area contributed by atoms with Gasteiger partial charge in [-0.3, -0.25) is 9.59 Å². The van der Waals surface area contributed by atoms with Crippen LogP contribution in [-0.4, -0.2) is 16.1 Å². The Morgan fingerprint density at radius 3 is 2.70 bits per heavy atom. The van der Waals surface area contributed by atoms with Gasteiger partial charge in [0.05, 0.1) is 28.3 Å².